The van der Waals surface area contributed by atoms with E-state index in [-0.39, 0.29) is 24.4 Å². The Labute approximate surface area is 274 Å². The van der Waals surface area contributed by atoms with Gasteiger partial charge >= 0.3 is 11.9 Å². The molecule has 0 aromatic heterocycles. The van der Waals surface area contributed by atoms with Crippen LogP contribution in [0.5, 0.6) is 28.7 Å². The number of esters is 1. The molecule has 17 heteroatoms. The number of fused-ring (bicyclic) bond motifs is 6. The third-order valence-corrected chi connectivity index (χ3v) is 8.20. The lowest BCUT2D eigenvalue weighted by Gasteiger charge is -2.40. The summed E-state index contributed by atoms with van der Waals surface area (Å²) < 4.78 is 34.6. The second-order valence-corrected chi connectivity index (χ2v) is 12.0. The van der Waals surface area contributed by atoms with Gasteiger partial charge in [0.25, 0.3) is 0 Å². The van der Waals surface area contributed by atoms with Crippen molar-refractivity contribution in [3.05, 3.63) is 41.0 Å². The summed E-state index contributed by atoms with van der Waals surface area (Å²) in [5.41, 5.74) is 10.6. The third kappa shape index (κ3) is 6.72. The van der Waals surface area contributed by atoms with Gasteiger partial charge in [-0.2, -0.15) is 4.89 Å². The summed E-state index contributed by atoms with van der Waals surface area (Å²) in [6, 6.07) is 6.93. The molecule has 17 nitrogen and oxygen atoms in total. The number of guanidine groups is 1. The van der Waals surface area contributed by atoms with Gasteiger partial charge in [0.15, 0.2) is 29.6 Å². The number of hydroxylamine groups is 1. The molecule has 0 aliphatic carbocycles. The summed E-state index contributed by atoms with van der Waals surface area (Å²) in [5.74, 6) is 0.517. The largest absolute Gasteiger partial charge is 0.492 e. The van der Waals surface area contributed by atoms with Crippen LogP contribution < -0.4 is 35.0 Å². The number of hydrogen-bond donors (Lipinski definition) is 5. The van der Waals surface area contributed by atoms with Crippen LogP contribution in [-0.2, 0) is 35.2 Å². The molecule has 0 unspecified atom stereocenters. The summed E-state index contributed by atoms with van der Waals surface area (Å²) in [5, 5.41) is 30.6. The molecule has 4 aliphatic rings. The minimum absolute atomic E-state index is 0.135. The molecule has 260 valence electrons. The van der Waals surface area contributed by atoms with Crippen molar-refractivity contribution in [2.75, 3.05) is 27.1 Å². The minimum Gasteiger partial charge on any atom is -0.492 e. The van der Waals surface area contributed by atoms with Gasteiger partial charge in [0.2, 0.25) is 12.8 Å². The summed E-state index contributed by atoms with van der Waals surface area (Å²) in [6.07, 6.45) is -8.16. The molecule has 0 saturated carbocycles. The summed E-state index contributed by atoms with van der Waals surface area (Å²) in [6.45, 7) is 4.18. The molecule has 0 bridgehead atoms. The van der Waals surface area contributed by atoms with Gasteiger partial charge in [-0.05, 0) is 36.6 Å². The number of nitrogens with two attached hydrogens (primary N) is 1. The molecule has 4 heterocycles. The second-order valence-electron chi connectivity index (χ2n) is 12.0. The van der Waals surface area contributed by atoms with Gasteiger partial charge in [-0.3, -0.25) is 19.4 Å². The number of aliphatic hydroxyl groups excluding tert-OH is 2. The summed E-state index contributed by atoms with van der Waals surface area (Å²) in [7, 11) is 1.39. The fourth-order valence-electron chi connectivity index (χ4n) is 5.98. The Balaban J connectivity index is 1.18. The normalized spacial score (nSPS) is 26.9. The molecular formula is C31H37N3O14. The van der Waals surface area contributed by atoms with Crippen LogP contribution in [0.2, 0.25) is 0 Å². The van der Waals surface area contributed by atoms with Crippen LogP contribution in [0.1, 0.15) is 49.0 Å². The van der Waals surface area contributed by atoms with Gasteiger partial charge in [-0.15, -0.1) is 0 Å². The first-order valence-electron chi connectivity index (χ1n) is 15.3. The van der Waals surface area contributed by atoms with Gasteiger partial charge in [0.1, 0.15) is 48.9 Å². The zero-order valence-electron chi connectivity index (χ0n) is 26.3. The van der Waals surface area contributed by atoms with Crippen molar-refractivity contribution >= 4 is 17.9 Å². The number of carboxylic acid groups (broad SMARTS) is 1. The number of rotatable bonds is 11. The highest BCUT2D eigenvalue weighted by molar-refractivity contribution is 5.90. The van der Waals surface area contributed by atoms with E-state index in [1.807, 2.05) is 6.07 Å². The standard InChI is InChI=1S/C31H37N3O14/c1-13(2)6-17-25-15(8-20-27(17)43-12-42-20)18-10-40-19-5-4-14(7-16(19)26(18)45-25)47-48-29-28(46-34-31(32)33-3)24(38)21(44-30(29)39)11-41-23(37)9-22(35)36/h4-5,7-8,13,18,21,24,26,28-30,38-39H,6,9-12H2,1-3H3,(H,35,36)(H3,32,33,34)/t18-,21-,24-,26-,28+,29-,30-/m1/s1. The van der Waals surface area contributed by atoms with Crippen molar-refractivity contribution in [2.45, 2.75) is 69.4 Å². The molecule has 2 aromatic rings. The maximum atomic E-state index is 11.7. The molecule has 1 fully saturated rings. The first-order chi connectivity index (χ1) is 23.0. The number of hydrogen-bond acceptors (Lipinski definition) is 14. The molecule has 6 rings (SSSR count). The van der Waals surface area contributed by atoms with Crippen LogP contribution in [0, 0.1) is 5.92 Å². The van der Waals surface area contributed by atoms with Crippen molar-refractivity contribution in [1.82, 2.24) is 5.48 Å². The summed E-state index contributed by atoms with van der Waals surface area (Å²) in [4.78, 5) is 42.9. The van der Waals surface area contributed by atoms with Crippen LogP contribution in [0.15, 0.2) is 29.3 Å². The monoisotopic (exact) mass is 675 g/mol. The van der Waals surface area contributed by atoms with E-state index >= 15 is 0 Å². The van der Waals surface area contributed by atoms with Crippen molar-refractivity contribution in [3.8, 4) is 28.7 Å². The van der Waals surface area contributed by atoms with Crippen molar-refractivity contribution < 1.29 is 67.9 Å². The Morgan fingerprint density at radius 2 is 1.90 bits per heavy atom. The lowest BCUT2D eigenvalue weighted by Crippen LogP contribution is -2.62. The number of nitrogens with one attached hydrogen (secondary N) is 1. The highest BCUT2D eigenvalue weighted by Crippen LogP contribution is 2.57. The van der Waals surface area contributed by atoms with Crippen LogP contribution in [0.4, 0.5) is 0 Å². The zero-order chi connectivity index (χ0) is 34.1. The van der Waals surface area contributed by atoms with E-state index in [9.17, 15) is 19.8 Å². The Morgan fingerprint density at radius 3 is 2.65 bits per heavy atom. The van der Waals surface area contributed by atoms with Crippen molar-refractivity contribution in [3.63, 3.8) is 0 Å². The van der Waals surface area contributed by atoms with Crippen LogP contribution >= 0.6 is 0 Å². The fourth-order valence-corrected chi connectivity index (χ4v) is 5.98. The fraction of sp³-hybridized carbons (Fsp3) is 0.516. The van der Waals surface area contributed by atoms with Crippen LogP contribution in [-0.4, -0.2) is 91.0 Å². The number of aliphatic imine (C=N–C) groups is 1. The average molecular weight is 676 g/mol. The Bertz CT molecular complexity index is 1570. The lowest BCUT2D eigenvalue weighted by molar-refractivity contribution is -0.372. The van der Waals surface area contributed by atoms with Gasteiger partial charge in [0, 0.05) is 23.7 Å². The number of ether oxygens (including phenoxy) is 6. The number of carbonyl (C=O) groups is 2. The number of aliphatic hydroxyl groups is 2. The second kappa shape index (κ2) is 13.9. The predicted molar refractivity (Wildman–Crippen MR) is 160 cm³/mol. The molecule has 4 aliphatic heterocycles. The molecule has 0 spiro atoms. The highest BCUT2D eigenvalue weighted by Gasteiger charge is 2.49. The maximum Gasteiger partial charge on any atom is 0.317 e. The molecule has 7 atom stereocenters. The van der Waals surface area contributed by atoms with E-state index in [0.29, 0.717) is 35.3 Å². The zero-order valence-corrected chi connectivity index (χ0v) is 26.3. The van der Waals surface area contributed by atoms with E-state index in [1.165, 1.54) is 7.05 Å². The Hall–Kier alpha value is -4.55. The van der Waals surface area contributed by atoms with Crippen molar-refractivity contribution in [2.24, 2.45) is 16.6 Å². The molecule has 0 amide bonds. The molecule has 6 N–H and O–H groups in total. The number of carbonyl (C=O) groups excluding carboxylic acids is 1. The first-order valence-corrected chi connectivity index (χ1v) is 15.3. The summed E-state index contributed by atoms with van der Waals surface area (Å²) >= 11 is 0. The van der Waals surface area contributed by atoms with E-state index in [2.05, 4.69) is 24.3 Å². The van der Waals surface area contributed by atoms with E-state index in [0.717, 1.165) is 23.3 Å². The molecule has 0 radical (unpaired) electrons. The number of carboxylic acids is 1. The van der Waals surface area contributed by atoms with Gasteiger partial charge < -0.3 is 54.4 Å². The Kier molecular flexibility index (Phi) is 9.66. The first kappa shape index (κ1) is 33.4. The lowest BCUT2D eigenvalue weighted by atomic mass is 9.87. The molecule has 48 heavy (non-hydrogen) atoms. The SMILES string of the molecule is CN=C(N)NO[C@H]1[C@H](O)[C@@H](COC(=O)CC(=O)O)O[C@@H](O)[C@@H]1OOc1ccc2c(c1)[C@H]1Oc3c(cc4c(c3CC(C)C)OCO4)[C@H]1CO2. The molecule has 1 saturated heterocycles. The molecule has 2 aromatic carbocycles. The Morgan fingerprint density at radius 1 is 1.08 bits per heavy atom. The van der Waals surface area contributed by atoms with Gasteiger partial charge in [-0.25, -0.2) is 5.48 Å². The number of aliphatic carboxylic acids is 1. The molecular weight excluding hydrogens is 638 g/mol. The average Bonchev–Trinajstić information content (AvgIpc) is 3.68. The predicted octanol–water partition coefficient (Wildman–Crippen LogP) is 0.833. The van der Waals surface area contributed by atoms with E-state index in [1.54, 1.807) is 18.2 Å². The van der Waals surface area contributed by atoms with Crippen molar-refractivity contribution in [1.29, 1.82) is 0 Å². The van der Waals surface area contributed by atoms with E-state index < -0.39 is 61.8 Å². The third-order valence-electron chi connectivity index (χ3n) is 8.20. The number of nitrogens with zero attached hydrogens (tertiary/aromatic N) is 1. The smallest absolute Gasteiger partial charge is 0.317 e. The highest BCUT2D eigenvalue weighted by atomic mass is 17.2. The van der Waals surface area contributed by atoms with Gasteiger partial charge in [-0.1, -0.05) is 13.8 Å². The van der Waals surface area contributed by atoms with Crippen LogP contribution in [0.25, 0.3) is 0 Å². The maximum absolute atomic E-state index is 11.7. The number of benzene rings is 2. The minimum atomic E-state index is -1.77. The topological polar surface area (TPSA) is 228 Å². The van der Waals surface area contributed by atoms with E-state index in [4.69, 9.17) is 53.9 Å². The quantitative estimate of drug-likeness (QED) is 0.0555. The van der Waals surface area contributed by atoms with Crippen LogP contribution in [0.3, 0.4) is 0 Å². The van der Waals surface area contributed by atoms with Gasteiger partial charge in [0.05, 0.1) is 12.5 Å².